The molecule has 2 aliphatic heterocycles. The van der Waals surface area contributed by atoms with E-state index in [1.807, 2.05) is 12.3 Å². The molecule has 0 unspecified atom stereocenters. The maximum Gasteiger partial charge on any atom is 0.0864 e. The van der Waals surface area contributed by atoms with Gasteiger partial charge in [-0.05, 0) is 61.8 Å². The van der Waals surface area contributed by atoms with Gasteiger partial charge in [0, 0.05) is 42.3 Å². The Kier molecular flexibility index (Phi) is 6.34. The number of aromatic nitrogens is 1. The summed E-state index contributed by atoms with van der Waals surface area (Å²) in [4.78, 5) is 4.88. The number of hydrogen-bond acceptors (Lipinski definition) is 5. The second-order valence-electron chi connectivity index (χ2n) is 10.6. The Morgan fingerprint density at radius 3 is 2.62 bits per heavy atom. The van der Waals surface area contributed by atoms with Crippen LogP contribution in [0.25, 0.3) is 0 Å². The molecule has 1 aromatic heterocycles. The lowest BCUT2D eigenvalue weighted by atomic mass is 9.65. The van der Waals surface area contributed by atoms with E-state index in [0.717, 1.165) is 26.0 Å². The van der Waals surface area contributed by atoms with E-state index in [2.05, 4.69) is 65.2 Å². The maximum absolute atomic E-state index is 6.45. The molecule has 5 heteroatoms. The topological polar surface area (TPSA) is 34.2 Å². The lowest BCUT2D eigenvalue weighted by molar-refractivity contribution is -0.0961. The van der Waals surface area contributed by atoms with Gasteiger partial charge in [0.15, 0.2) is 0 Å². The third-order valence-corrected chi connectivity index (χ3v) is 12.3. The Balaban J connectivity index is 1.25. The molecule has 0 radical (unpaired) electrons. The Hall–Kier alpha value is -1.27. The van der Waals surface area contributed by atoms with Crippen LogP contribution in [0.3, 0.4) is 0 Å². The summed E-state index contributed by atoms with van der Waals surface area (Å²) >= 11 is 4.32. The van der Waals surface area contributed by atoms with Crippen LogP contribution in [0.4, 0.5) is 0 Å². The molecular formula is C29H36N2OS2. The molecule has 6 rings (SSSR count). The largest absolute Gasteiger partial charge is 0.375 e. The highest BCUT2D eigenvalue weighted by molar-refractivity contribution is 8.20. The van der Waals surface area contributed by atoms with Crippen LogP contribution in [-0.4, -0.2) is 35.2 Å². The average Bonchev–Trinajstić information content (AvgIpc) is 3.55. The molecule has 3 fully saturated rings. The number of nitrogens with one attached hydrogen (secondary N) is 1. The molecule has 34 heavy (non-hydrogen) atoms. The molecule has 4 aliphatic rings. The Morgan fingerprint density at radius 1 is 1.03 bits per heavy atom. The monoisotopic (exact) mass is 492 g/mol. The van der Waals surface area contributed by atoms with Gasteiger partial charge in [-0.25, -0.2) is 0 Å². The molecule has 180 valence electrons. The summed E-state index contributed by atoms with van der Waals surface area (Å²) in [6.45, 7) is 6.36. The number of rotatable bonds is 5. The Morgan fingerprint density at radius 2 is 1.82 bits per heavy atom. The molecule has 2 spiro atoms. The average molecular weight is 493 g/mol. The lowest BCUT2D eigenvalue weighted by Gasteiger charge is -2.48. The Bertz CT molecular complexity index is 1030. The van der Waals surface area contributed by atoms with Crippen molar-refractivity contribution in [3.63, 3.8) is 0 Å². The van der Waals surface area contributed by atoms with Crippen molar-refractivity contribution in [1.29, 1.82) is 0 Å². The van der Waals surface area contributed by atoms with Gasteiger partial charge in [0.25, 0.3) is 0 Å². The molecule has 1 aromatic carbocycles. The number of ether oxygens (including phenoxy) is 1. The number of nitrogens with zero attached hydrogens (tertiary/aromatic N) is 1. The van der Waals surface area contributed by atoms with E-state index in [1.54, 1.807) is 5.56 Å². The number of thioether (sulfide) groups is 2. The minimum absolute atomic E-state index is 0.0133. The van der Waals surface area contributed by atoms with Crippen LogP contribution >= 0.6 is 23.5 Å². The summed E-state index contributed by atoms with van der Waals surface area (Å²) in [6.07, 6.45) is 11.3. The van der Waals surface area contributed by atoms with Gasteiger partial charge in [-0.3, -0.25) is 4.98 Å². The smallest absolute Gasteiger partial charge is 0.0864 e. The zero-order valence-corrected chi connectivity index (χ0v) is 21.7. The van der Waals surface area contributed by atoms with Gasteiger partial charge >= 0.3 is 0 Å². The number of fused-ring (bicyclic) bond motifs is 2. The summed E-state index contributed by atoms with van der Waals surface area (Å²) in [5, 5.41) is 3.97. The van der Waals surface area contributed by atoms with Crippen LogP contribution < -0.4 is 5.32 Å². The van der Waals surface area contributed by atoms with Gasteiger partial charge in [-0.15, -0.1) is 23.5 Å². The van der Waals surface area contributed by atoms with Gasteiger partial charge < -0.3 is 10.1 Å². The molecule has 2 atom stereocenters. The van der Waals surface area contributed by atoms with Crippen molar-refractivity contribution in [3.05, 3.63) is 77.6 Å². The molecule has 1 N–H and O–H groups in total. The first-order valence-corrected chi connectivity index (χ1v) is 15.0. The molecule has 1 saturated carbocycles. The third kappa shape index (κ3) is 3.97. The van der Waals surface area contributed by atoms with Crippen LogP contribution in [0.15, 0.2) is 60.8 Å². The van der Waals surface area contributed by atoms with E-state index in [1.165, 1.54) is 66.9 Å². The fraction of sp³-hybridized carbons (Fsp3) is 0.552. The third-order valence-electron chi connectivity index (χ3n) is 8.73. The van der Waals surface area contributed by atoms with E-state index in [4.69, 9.17) is 16.3 Å². The summed E-state index contributed by atoms with van der Waals surface area (Å²) in [7, 11) is 0. The quantitative estimate of drug-likeness (QED) is 0.467. The minimum atomic E-state index is -0.108. The summed E-state index contributed by atoms with van der Waals surface area (Å²) in [5.41, 5.74) is 5.41. The first-order valence-electron chi connectivity index (χ1n) is 13.0. The van der Waals surface area contributed by atoms with Crippen molar-refractivity contribution in [2.24, 2.45) is 0 Å². The van der Waals surface area contributed by atoms with Crippen molar-refractivity contribution in [2.45, 2.75) is 72.5 Å². The minimum Gasteiger partial charge on any atom is -0.375 e. The van der Waals surface area contributed by atoms with Gasteiger partial charge in [0.05, 0.1) is 15.4 Å². The molecule has 3 heterocycles. The lowest BCUT2D eigenvalue weighted by Crippen LogP contribution is -2.49. The van der Waals surface area contributed by atoms with E-state index >= 15 is 0 Å². The number of pyridine rings is 1. The van der Waals surface area contributed by atoms with Crippen molar-refractivity contribution in [1.82, 2.24) is 10.3 Å². The highest BCUT2D eigenvalue weighted by Crippen LogP contribution is 2.59. The molecule has 0 bridgehead atoms. The van der Waals surface area contributed by atoms with Crippen LogP contribution in [0.2, 0.25) is 0 Å². The zero-order valence-electron chi connectivity index (χ0n) is 20.1. The van der Waals surface area contributed by atoms with Crippen LogP contribution in [-0.2, 0) is 14.2 Å². The summed E-state index contributed by atoms with van der Waals surface area (Å²) in [6, 6.07) is 15.9. The maximum atomic E-state index is 6.45. The van der Waals surface area contributed by atoms with Crippen molar-refractivity contribution in [2.75, 3.05) is 24.7 Å². The molecular weight excluding hydrogens is 456 g/mol. The zero-order chi connectivity index (χ0) is 23.1. The van der Waals surface area contributed by atoms with E-state index < -0.39 is 0 Å². The van der Waals surface area contributed by atoms with Crippen LogP contribution in [0, 0.1) is 0 Å². The van der Waals surface area contributed by atoms with Crippen LogP contribution in [0.5, 0.6) is 0 Å². The van der Waals surface area contributed by atoms with Crippen molar-refractivity contribution < 1.29 is 4.74 Å². The van der Waals surface area contributed by atoms with E-state index in [0.29, 0.717) is 6.04 Å². The molecule has 2 aromatic rings. The first kappa shape index (κ1) is 23.1. The second-order valence-corrected chi connectivity index (χ2v) is 13.6. The van der Waals surface area contributed by atoms with Crippen molar-refractivity contribution >= 4 is 23.5 Å². The highest BCUT2D eigenvalue weighted by Gasteiger charge is 2.50. The standard InChI is InChI=1S/C29H36N2OS2/c1-22(20-31-25-11-14-29(33-18-19-34-29)24-9-3-2-8-23(24)25)28(26-10-4-7-16-30-26)15-17-32-27(21-28)12-5-6-13-27/h2-4,7-10,16,25,31H,1,5-6,11-15,17-21H2/t25-,28+/m0/s1. The first-order chi connectivity index (χ1) is 16.6. The molecule has 2 aliphatic carbocycles. The van der Waals surface area contributed by atoms with Gasteiger partial charge in [0.2, 0.25) is 0 Å². The van der Waals surface area contributed by atoms with Crippen molar-refractivity contribution in [3.8, 4) is 0 Å². The predicted octanol–water partition coefficient (Wildman–Crippen LogP) is 6.76. The van der Waals surface area contributed by atoms with E-state index in [9.17, 15) is 0 Å². The van der Waals surface area contributed by atoms with Gasteiger partial charge in [0.1, 0.15) is 0 Å². The number of hydrogen-bond donors (Lipinski definition) is 1. The Labute approximate surface area is 212 Å². The molecule has 2 saturated heterocycles. The predicted molar refractivity (Wildman–Crippen MR) is 144 cm³/mol. The SMILES string of the molecule is C=C(CN[C@H]1CCC2(SCCS2)c2ccccc21)[C@@]1(c2ccccn2)CCOC2(CCCC2)C1. The summed E-state index contributed by atoms with van der Waals surface area (Å²) in [5.74, 6) is 2.54. The number of benzene rings is 1. The van der Waals surface area contributed by atoms with Gasteiger partial charge in [-0.1, -0.05) is 55.3 Å². The normalized spacial score (nSPS) is 29.4. The fourth-order valence-electron chi connectivity index (χ4n) is 6.97. The van der Waals surface area contributed by atoms with E-state index in [-0.39, 0.29) is 15.1 Å². The fourth-order valence-corrected chi connectivity index (χ4v) is 10.3. The molecule has 3 nitrogen and oxygen atoms in total. The summed E-state index contributed by atoms with van der Waals surface area (Å²) < 4.78 is 6.73. The highest BCUT2D eigenvalue weighted by atomic mass is 32.2. The van der Waals surface area contributed by atoms with Crippen LogP contribution in [0.1, 0.15) is 74.2 Å². The molecule has 0 amide bonds. The van der Waals surface area contributed by atoms with Gasteiger partial charge in [-0.2, -0.15) is 0 Å². The second kappa shape index (κ2) is 9.31.